The first-order valence-corrected chi connectivity index (χ1v) is 11.8. The van der Waals surface area contributed by atoms with E-state index in [1.807, 2.05) is 39.4 Å². The van der Waals surface area contributed by atoms with Gasteiger partial charge < -0.3 is 19.9 Å². The second kappa shape index (κ2) is 8.18. The van der Waals surface area contributed by atoms with E-state index in [0.717, 1.165) is 48.2 Å². The number of amides is 2. The Morgan fingerprint density at radius 3 is 2.55 bits per heavy atom. The van der Waals surface area contributed by atoms with Crippen molar-refractivity contribution in [3.8, 4) is 11.4 Å². The molecule has 8 nitrogen and oxygen atoms in total. The number of aromatic nitrogens is 3. The summed E-state index contributed by atoms with van der Waals surface area (Å²) in [6, 6.07) is 0.152. The van der Waals surface area contributed by atoms with Crippen molar-refractivity contribution < 1.29 is 14.3 Å². The predicted molar refractivity (Wildman–Crippen MR) is 119 cm³/mol. The van der Waals surface area contributed by atoms with Gasteiger partial charge in [0.25, 0.3) is 5.91 Å². The number of thioether (sulfide) groups is 1. The molecule has 0 bridgehead atoms. The van der Waals surface area contributed by atoms with E-state index in [1.54, 1.807) is 4.90 Å². The summed E-state index contributed by atoms with van der Waals surface area (Å²) in [6.07, 6.45) is 8.53. The van der Waals surface area contributed by atoms with Gasteiger partial charge in [0, 0.05) is 31.5 Å². The summed E-state index contributed by atoms with van der Waals surface area (Å²) in [5, 5.41) is 0.708. The molecule has 4 rings (SSSR count). The first-order valence-electron chi connectivity index (χ1n) is 10.6. The molecular formula is C22H29N5O3S. The zero-order valence-electron chi connectivity index (χ0n) is 18.5. The summed E-state index contributed by atoms with van der Waals surface area (Å²) in [5.41, 5.74) is 9.71. The lowest BCUT2D eigenvalue weighted by molar-refractivity contribution is 0.0189. The van der Waals surface area contributed by atoms with Crippen LogP contribution in [-0.2, 0) is 17.6 Å². The van der Waals surface area contributed by atoms with Gasteiger partial charge in [0.1, 0.15) is 5.60 Å². The molecule has 2 N–H and O–H groups in total. The highest BCUT2D eigenvalue weighted by Crippen LogP contribution is 2.39. The number of rotatable bonds is 3. The summed E-state index contributed by atoms with van der Waals surface area (Å²) in [7, 11) is 0. The van der Waals surface area contributed by atoms with Crippen molar-refractivity contribution in [2.75, 3.05) is 19.3 Å². The fraction of sp³-hybridized carbons (Fsp3) is 0.545. The molecule has 2 aromatic heterocycles. The molecule has 166 valence electrons. The average molecular weight is 444 g/mol. The molecule has 0 unspecified atom stereocenters. The van der Waals surface area contributed by atoms with Crippen LogP contribution in [0.4, 0.5) is 4.79 Å². The van der Waals surface area contributed by atoms with Crippen LogP contribution in [0, 0.1) is 0 Å². The van der Waals surface area contributed by atoms with Crippen LogP contribution >= 0.6 is 11.8 Å². The maximum absolute atomic E-state index is 12.4. The number of carbonyl (C=O) groups excluding carboxylic acids is 2. The minimum absolute atomic E-state index is 0.152. The second-order valence-electron chi connectivity index (χ2n) is 9.07. The van der Waals surface area contributed by atoms with Gasteiger partial charge in [0.2, 0.25) is 0 Å². The molecule has 2 aromatic rings. The maximum Gasteiger partial charge on any atom is 0.410 e. The minimum atomic E-state index is -0.512. The number of hydrogen-bond donors (Lipinski definition) is 1. The highest BCUT2D eigenvalue weighted by Gasteiger charge is 2.33. The minimum Gasteiger partial charge on any atom is -0.444 e. The van der Waals surface area contributed by atoms with Gasteiger partial charge in [-0.3, -0.25) is 4.79 Å². The third kappa shape index (κ3) is 4.28. The number of ether oxygens (including phenoxy) is 1. The van der Waals surface area contributed by atoms with Crippen molar-refractivity contribution in [1.29, 1.82) is 0 Å². The fourth-order valence-electron chi connectivity index (χ4n) is 4.37. The Kier molecular flexibility index (Phi) is 5.72. The fourth-order valence-corrected chi connectivity index (χ4v) is 4.71. The van der Waals surface area contributed by atoms with Gasteiger partial charge in [-0.2, -0.15) is 0 Å². The maximum atomic E-state index is 12.4. The van der Waals surface area contributed by atoms with E-state index in [0.29, 0.717) is 23.8 Å². The Morgan fingerprint density at radius 1 is 1.23 bits per heavy atom. The van der Waals surface area contributed by atoms with Crippen LogP contribution in [0.15, 0.2) is 17.6 Å². The number of hydrogen-bond acceptors (Lipinski definition) is 6. The quantitative estimate of drug-likeness (QED) is 0.576. The largest absolute Gasteiger partial charge is 0.444 e. The monoisotopic (exact) mass is 443 g/mol. The molecule has 2 amide bonds. The Hall–Kier alpha value is -2.55. The molecule has 9 heteroatoms. The highest BCUT2D eigenvalue weighted by molar-refractivity contribution is 7.98. The molecule has 1 saturated heterocycles. The highest BCUT2D eigenvalue weighted by atomic mass is 32.2. The average Bonchev–Trinajstić information content (AvgIpc) is 3.12. The van der Waals surface area contributed by atoms with E-state index in [4.69, 9.17) is 15.5 Å². The van der Waals surface area contributed by atoms with Crippen LogP contribution in [0.1, 0.15) is 61.1 Å². The van der Waals surface area contributed by atoms with Gasteiger partial charge in [0.15, 0.2) is 5.16 Å². The number of nitrogens with two attached hydrogens (primary N) is 1. The van der Waals surface area contributed by atoms with Gasteiger partial charge in [-0.15, -0.1) is 0 Å². The molecule has 31 heavy (non-hydrogen) atoms. The predicted octanol–water partition coefficient (Wildman–Crippen LogP) is 3.44. The van der Waals surface area contributed by atoms with Gasteiger partial charge >= 0.3 is 6.09 Å². The van der Waals surface area contributed by atoms with Crippen molar-refractivity contribution in [2.24, 2.45) is 5.73 Å². The standard InChI is InChI=1S/C22H29N5O3S/c1-22(2,3)30-21(29)26-9-7-14(8-10-26)27-12-16(19(23)28)15-6-5-13-11-24-20(31-4)25-17(13)18(15)27/h11-12,14H,5-10H2,1-4H3,(H2,23,28). The molecule has 3 heterocycles. The van der Waals surface area contributed by atoms with Crippen LogP contribution in [-0.4, -0.2) is 56.4 Å². The Balaban J connectivity index is 1.65. The first kappa shape index (κ1) is 21.7. The number of piperidine rings is 1. The van der Waals surface area contributed by atoms with Crippen molar-refractivity contribution >= 4 is 23.8 Å². The molecule has 0 saturated carbocycles. The zero-order valence-corrected chi connectivity index (χ0v) is 19.3. The zero-order chi connectivity index (χ0) is 22.3. The smallest absolute Gasteiger partial charge is 0.410 e. The van der Waals surface area contributed by atoms with Crippen LogP contribution in [0.3, 0.4) is 0 Å². The SMILES string of the molecule is CSc1ncc2c(n1)-c1c(c(C(N)=O)cn1C1CCN(C(=O)OC(C)(C)C)CC1)CC2. The van der Waals surface area contributed by atoms with Crippen molar-refractivity contribution in [3.63, 3.8) is 0 Å². The molecule has 1 fully saturated rings. The summed E-state index contributed by atoms with van der Waals surface area (Å²) in [6.45, 7) is 6.82. The summed E-state index contributed by atoms with van der Waals surface area (Å²) >= 11 is 1.50. The van der Waals surface area contributed by atoms with Gasteiger partial charge in [-0.25, -0.2) is 14.8 Å². The number of nitrogens with zero attached hydrogens (tertiary/aromatic N) is 4. The summed E-state index contributed by atoms with van der Waals surface area (Å²) in [5.74, 6) is -0.413. The Morgan fingerprint density at radius 2 is 1.94 bits per heavy atom. The van der Waals surface area contributed by atoms with E-state index in [9.17, 15) is 9.59 Å². The normalized spacial score (nSPS) is 16.6. The number of likely N-dealkylation sites (tertiary alicyclic amines) is 1. The summed E-state index contributed by atoms with van der Waals surface area (Å²) < 4.78 is 7.68. The summed E-state index contributed by atoms with van der Waals surface area (Å²) in [4.78, 5) is 35.6. The molecule has 0 atom stereocenters. The van der Waals surface area contributed by atoms with Crippen LogP contribution in [0.25, 0.3) is 11.4 Å². The number of carbonyl (C=O) groups is 2. The molecule has 0 radical (unpaired) electrons. The van der Waals surface area contributed by atoms with Gasteiger partial charge in [0.05, 0.1) is 17.0 Å². The van der Waals surface area contributed by atoms with Crippen molar-refractivity contribution in [3.05, 3.63) is 29.1 Å². The first-order chi connectivity index (χ1) is 14.7. The van der Waals surface area contributed by atoms with E-state index < -0.39 is 11.5 Å². The molecule has 1 aliphatic carbocycles. The van der Waals surface area contributed by atoms with Crippen LogP contribution in [0.5, 0.6) is 0 Å². The van der Waals surface area contributed by atoms with Crippen molar-refractivity contribution in [1.82, 2.24) is 19.4 Å². The molecule has 2 aliphatic rings. The Bertz CT molecular complexity index is 1020. The number of fused-ring (bicyclic) bond motifs is 3. The van der Waals surface area contributed by atoms with E-state index in [1.165, 1.54) is 11.8 Å². The lowest BCUT2D eigenvalue weighted by Gasteiger charge is -2.35. The van der Waals surface area contributed by atoms with Crippen molar-refractivity contribution in [2.45, 2.75) is 63.3 Å². The number of aryl methyl sites for hydroxylation is 1. The number of primary amides is 1. The van der Waals surface area contributed by atoms with Crippen LogP contribution in [0.2, 0.25) is 0 Å². The second-order valence-corrected chi connectivity index (χ2v) is 9.84. The third-order valence-electron chi connectivity index (χ3n) is 5.81. The third-order valence-corrected chi connectivity index (χ3v) is 6.37. The van der Waals surface area contributed by atoms with E-state index >= 15 is 0 Å². The van der Waals surface area contributed by atoms with Gasteiger partial charge in [-0.1, -0.05) is 11.8 Å². The molecule has 0 spiro atoms. The topological polar surface area (TPSA) is 103 Å². The lowest BCUT2D eigenvalue weighted by Crippen LogP contribution is -2.42. The van der Waals surface area contributed by atoms with Gasteiger partial charge in [-0.05, 0) is 63.8 Å². The lowest BCUT2D eigenvalue weighted by atomic mass is 9.92. The van der Waals surface area contributed by atoms with E-state index in [-0.39, 0.29) is 12.1 Å². The molecule has 1 aliphatic heterocycles. The Labute approximate surface area is 186 Å². The molecular weight excluding hydrogens is 414 g/mol. The molecule has 0 aromatic carbocycles. The van der Waals surface area contributed by atoms with Crippen LogP contribution < -0.4 is 5.73 Å². The van der Waals surface area contributed by atoms with E-state index in [2.05, 4.69) is 9.55 Å².